The molecule has 0 aromatic heterocycles. The van der Waals surface area contributed by atoms with E-state index in [1.807, 2.05) is 0 Å². The molecule has 1 aliphatic heterocycles. The molecule has 2 atom stereocenters. The first-order valence-electron chi connectivity index (χ1n) is 7.44. The van der Waals surface area contributed by atoms with Crippen LogP contribution >= 0.6 is 11.6 Å². The molecule has 1 aromatic carbocycles. The molecule has 25 heavy (non-hydrogen) atoms. The molecule has 138 valence electrons. The summed E-state index contributed by atoms with van der Waals surface area (Å²) in [6.45, 7) is 0.850. The Morgan fingerprint density at radius 3 is 2.76 bits per heavy atom. The minimum atomic E-state index is -3.12. The largest absolute Gasteiger partial charge is 0.480 e. The van der Waals surface area contributed by atoms with Gasteiger partial charge >= 0.3 is 5.97 Å². The smallest absolute Gasteiger partial charge is 0.344 e. The van der Waals surface area contributed by atoms with E-state index in [1.165, 1.54) is 13.0 Å². The van der Waals surface area contributed by atoms with Crippen LogP contribution in [0.1, 0.15) is 13.3 Å². The molecule has 1 saturated heterocycles. The predicted molar refractivity (Wildman–Crippen MR) is 87.7 cm³/mol. The van der Waals surface area contributed by atoms with E-state index in [0.717, 1.165) is 12.1 Å². The zero-order chi connectivity index (χ0) is 18.6. The molecule has 1 fully saturated rings. The van der Waals surface area contributed by atoms with Crippen LogP contribution in [0.15, 0.2) is 18.2 Å². The van der Waals surface area contributed by atoms with Crippen molar-refractivity contribution in [3.8, 4) is 5.75 Å². The lowest BCUT2D eigenvalue weighted by Gasteiger charge is -2.16. The van der Waals surface area contributed by atoms with E-state index in [2.05, 4.69) is 5.32 Å². The normalized spacial score (nSPS) is 19.9. The number of hydrogen-bond donors (Lipinski definition) is 1. The highest BCUT2D eigenvalue weighted by atomic mass is 35.5. The van der Waals surface area contributed by atoms with Gasteiger partial charge < -0.3 is 14.8 Å². The van der Waals surface area contributed by atoms with Gasteiger partial charge in [0.2, 0.25) is 0 Å². The maximum Gasteiger partial charge on any atom is 0.344 e. The van der Waals surface area contributed by atoms with Crippen LogP contribution in [-0.2, 0) is 24.2 Å². The number of ether oxygens (including phenoxy) is 2. The van der Waals surface area contributed by atoms with Gasteiger partial charge in [0.05, 0.1) is 16.5 Å². The number of esters is 1. The number of sulfone groups is 1. The third kappa shape index (κ3) is 5.86. The summed E-state index contributed by atoms with van der Waals surface area (Å²) in [5.74, 6) is -1.94. The lowest BCUT2D eigenvalue weighted by molar-refractivity contribution is -0.156. The van der Waals surface area contributed by atoms with Gasteiger partial charge in [0, 0.05) is 6.04 Å². The predicted octanol–water partition coefficient (Wildman–Crippen LogP) is 1.09. The van der Waals surface area contributed by atoms with E-state index >= 15 is 0 Å². The number of nitrogens with one attached hydrogen (secondary N) is 1. The lowest BCUT2D eigenvalue weighted by Crippen LogP contribution is -2.43. The van der Waals surface area contributed by atoms with Gasteiger partial charge in [0.1, 0.15) is 11.6 Å². The average Bonchev–Trinajstić information content (AvgIpc) is 2.85. The molecule has 1 N–H and O–H groups in total. The second-order valence-electron chi connectivity index (χ2n) is 5.60. The van der Waals surface area contributed by atoms with Crippen molar-refractivity contribution in [3.05, 3.63) is 29.0 Å². The summed E-state index contributed by atoms with van der Waals surface area (Å²) in [7, 11) is -3.12. The van der Waals surface area contributed by atoms with Crippen molar-refractivity contribution in [2.45, 2.75) is 25.5 Å². The first-order valence-corrected chi connectivity index (χ1v) is 9.64. The van der Waals surface area contributed by atoms with Crippen molar-refractivity contribution in [2.24, 2.45) is 0 Å². The van der Waals surface area contributed by atoms with Crippen LogP contribution < -0.4 is 10.1 Å². The Morgan fingerprint density at radius 1 is 1.44 bits per heavy atom. The third-order valence-electron chi connectivity index (χ3n) is 3.50. The quantitative estimate of drug-likeness (QED) is 0.726. The summed E-state index contributed by atoms with van der Waals surface area (Å²) in [5.41, 5.74) is 0. The topological polar surface area (TPSA) is 98.8 Å². The minimum Gasteiger partial charge on any atom is -0.480 e. The number of hydrogen-bond acceptors (Lipinski definition) is 6. The molecular formula is C15H17ClFNO6S. The van der Waals surface area contributed by atoms with Gasteiger partial charge in [-0.15, -0.1) is 0 Å². The van der Waals surface area contributed by atoms with Crippen molar-refractivity contribution in [1.82, 2.24) is 5.32 Å². The van der Waals surface area contributed by atoms with Crippen LogP contribution in [0.3, 0.4) is 0 Å². The standard InChI is InChI=1S/C15H17ClFNO6S/c1-9(15(20)18-11-4-5-25(21,22)8-11)24-14(19)7-23-13-3-2-10(17)6-12(13)16/h2-3,6,9,11H,4-5,7-8H2,1H3,(H,18,20)/t9-,11-/m0/s1. The number of amides is 1. The molecule has 0 bridgehead atoms. The second-order valence-corrected chi connectivity index (χ2v) is 8.24. The molecule has 0 saturated carbocycles. The van der Waals surface area contributed by atoms with E-state index in [1.54, 1.807) is 0 Å². The molecule has 2 rings (SSSR count). The maximum atomic E-state index is 12.9. The Morgan fingerprint density at radius 2 is 2.16 bits per heavy atom. The molecule has 1 amide bonds. The Kier molecular flexibility index (Phi) is 6.23. The summed E-state index contributed by atoms with van der Waals surface area (Å²) < 4.78 is 45.6. The van der Waals surface area contributed by atoms with E-state index in [9.17, 15) is 22.4 Å². The molecule has 0 aliphatic carbocycles. The van der Waals surface area contributed by atoms with Gasteiger partial charge in [0.25, 0.3) is 5.91 Å². The van der Waals surface area contributed by atoms with Gasteiger partial charge in [-0.25, -0.2) is 17.6 Å². The summed E-state index contributed by atoms with van der Waals surface area (Å²) in [6, 6.07) is 2.95. The van der Waals surface area contributed by atoms with Crippen LogP contribution in [0.2, 0.25) is 5.02 Å². The number of carbonyl (C=O) groups excluding carboxylic acids is 2. The molecule has 1 heterocycles. The van der Waals surface area contributed by atoms with E-state index in [4.69, 9.17) is 21.1 Å². The van der Waals surface area contributed by atoms with Crippen LogP contribution in [0.5, 0.6) is 5.75 Å². The van der Waals surface area contributed by atoms with E-state index in [0.29, 0.717) is 6.42 Å². The fourth-order valence-electron chi connectivity index (χ4n) is 2.24. The molecule has 7 nitrogen and oxygen atoms in total. The SMILES string of the molecule is C[C@H](OC(=O)COc1ccc(F)cc1Cl)C(=O)N[C@H]1CCS(=O)(=O)C1. The van der Waals surface area contributed by atoms with Gasteiger partial charge in [-0.1, -0.05) is 11.6 Å². The molecule has 1 aliphatic rings. The molecule has 1 aromatic rings. The van der Waals surface area contributed by atoms with Crippen LogP contribution in [0.4, 0.5) is 4.39 Å². The first-order chi connectivity index (χ1) is 11.7. The fourth-order valence-corrected chi connectivity index (χ4v) is 4.14. The van der Waals surface area contributed by atoms with Crippen molar-refractivity contribution in [3.63, 3.8) is 0 Å². The minimum absolute atomic E-state index is 0.000958. The highest BCUT2D eigenvalue weighted by Gasteiger charge is 2.30. The number of carbonyl (C=O) groups is 2. The third-order valence-corrected chi connectivity index (χ3v) is 5.56. The van der Waals surface area contributed by atoms with Crippen molar-refractivity contribution in [2.75, 3.05) is 18.1 Å². The molecule has 0 spiro atoms. The summed E-state index contributed by atoms with van der Waals surface area (Å²) in [5, 5.41) is 2.53. The zero-order valence-corrected chi connectivity index (χ0v) is 14.9. The summed E-state index contributed by atoms with van der Waals surface area (Å²) in [6.07, 6.45) is -0.774. The van der Waals surface area contributed by atoms with Crippen LogP contribution in [-0.4, -0.2) is 50.6 Å². The van der Waals surface area contributed by atoms with E-state index in [-0.39, 0.29) is 22.3 Å². The van der Waals surface area contributed by atoms with Gasteiger partial charge in [0.15, 0.2) is 22.5 Å². The molecule has 0 unspecified atom stereocenters. The number of halogens is 2. The van der Waals surface area contributed by atoms with Gasteiger partial charge in [-0.05, 0) is 31.5 Å². The Bertz CT molecular complexity index is 769. The highest BCUT2D eigenvalue weighted by molar-refractivity contribution is 7.91. The Labute approximate surface area is 149 Å². The van der Waals surface area contributed by atoms with Gasteiger partial charge in [-0.2, -0.15) is 0 Å². The van der Waals surface area contributed by atoms with E-state index < -0.39 is 46.3 Å². The monoisotopic (exact) mass is 393 g/mol. The first kappa shape index (κ1) is 19.5. The number of rotatable bonds is 6. The lowest BCUT2D eigenvalue weighted by atomic mass is 10.2. The molecule has 10 heteroatoms. The highest BCUT2D eigenvalue weighted by Crippen LogP contribution is 2.24. The number of benzene rings is 1. The Hall–Kier alpha value is -1.87. The van der Waals surface area contributed by atoms with Crippen molar-refractivity contribution >= 4 is 33.3 Å². The van der Waals surface area contributed by atoms with Crippen molar-refractivity contribution < 1.29 is 31.9 Å². The fraction of sp³-hybridized carbons (Fsp3) is 0.467. The molecule has 0 radical (unpaired) electrons. The average molecular weight is 394 g/mol. The maximum absolute atomic E-state index is 12.9. The zero-order valence-electron chi connectivity index (χ0n) is 13.3. The molecular weight excluding hydrogens is 377 g/mol. The van der Waals surface area contributed by atoms with Crippen molar-refractivity contribution in [1.29, 1.82) is 0 Å². The summed E-state index contributed by atoms with van der Waals surface area (Å²) >= 11 is 5.76. The summed E-state index contributed by atoms with van der Waals surface area (Å²) in [4.78, 5) is 23.6. The van der Waals surface area contributed by atoms with Crippen LogP contribution in [0, 0.1) is 5.82 Å². The van der Waals surface area contributed by atoms with Crippen LogP contribution in [0.25, 0.3) is 0 Å². The Balaban J connectivity index is 1.78. The van der Waals surface area contributed by atoms with Gasteiger partial charge in [-0.3, -0.25) is 4.79 Å². The second kappa shape index (κ2) is 8.01.